The van der Waals surface area contributed by atoms with Crippen LogP contribution in [0.5, 0.6) is 0 Å². The van der Waals surface area contributed by atoms with Crippen LogP contribution in [0.4, 0.5) is 5.69 Å². The maximum absolute atomic E-state index is 13.0. The molecular formula is C30H30N4O3. The number of carbonyl (C=O) groups is 3. The zero-order valence-electron chi connectivity index (χ0n) is 20.7. The summed E-state index contributed by atoms with van der Waals surface area (Å²) in [5, 5.41) is 6.10. The molecule has 7 nitrogen and oxygen atoms in total. The first-order valence-electron chi connectivity index (χ1n) is 12.9. The summed E-state index contributed by atoms with van der Waals surface area (Å²) in [5.41, 5.74) is 6.64. The summed E-state index contributed by atoms with van der Waals surface area (Å²) < 4.78 is 0. The van der Waals surface area contributed by atoms with Gasteiger partial charge in [-0.2, -0.15) is 0 Å². The summed E-state index contributed by atoms with van der Waals surface area (Å²) in [6, 6.07) is 24.8. The number of nitrogens with one attached hydrogen (secondary N) is 2. The van der Waals surface area contributed by atoms with Gasteiger partial charge in [-0.25, -0.2) is 0 Å². The molecule has 2 unspecified atom stereocenters. The molecule has 6 rings (SSSR count). The lowest BCUT2D eigenvalue weighted by Crippen LogP contribution is -2.52. The molecule has 0 radical (unpaired) electrons. The van der Waals surface area contributed by atoms with Crippen molar-refractivity contribution in [2.24, 2.45) is 0 Å². The number of carbonyl (C=O) groups excluding carboxylic acids is 3. The van der Waals surface area contributed by atoms with Gasteiger partial charge in [-0.3, -0.25) is 19.7 Å². The second-order valence-corrected chi connectivity index (χ2v) is 10.2. The van der Waals surface area contributed by atoms with E-state index in [0.717, 1.165) is 30.6 Å². The molecule has 2 atom stereocenters. The molecule has 1 saturated heterocycles. The molecular weight excluding hydrogens is 464 g/mol. The molecule has 0 aromatic heterocycles. The highest BCUT2D eigenvalue weighted by Crippen LogP contribution is 2.30. The minimum absolute atomic E-state index is 0.135. The number of anilines is 1. The Labute approximate surface area is 216 Å². The normalized spacial score (nSPS) is 21.0. The van der Waals surface area contributed by atoms with E-state index in [1.807, 2.05) is 18.2 Å². The number of imide groups is 1. The van der Waals surface area contributed by atoms with Crippen molar-refractivity contribution in [2.75, 3.05) is 11.4 Å². The summed E-state index contributed by atoms with van der Waals surface area (Å²) in [6.07, 6.45) is 1.60. The molecule has 0 saturated carbocycles. The van der Waals surface area contributed by atoms with Gasteiger partial charge in [-0.15, -0.1) is 0 Å². The van der Waals surface area contributed by atoms with Crippen LogP contribution < -0.4 is 15.5 Å². The summed E-state index contributed by atoms with van der Waals surface area (Å²) >= 11 is 0. The van der Waals surface area contributed by atoms with Crippen molar-refractivity contribution in [1.29, 1.82) is 0 Å². The molecule has 1 fully saturated rings. The van der Waals surface area contributed by atoms with Gasteiger partial charge in [0.25, 0.3) is 5.91 Å². The van der Waals surface area contributed by atoms with Crippen LogP contribution in [-0.4, -0.2) is 41.2 Å². The van der Waals surface area contributed by atoms with E-state index in [9.17, 15) is 14.4 Å². The number of rotatable bonds is 6. The van der Waals surface area contributed by atoms with Crippen molar-refractivity contribution >= 4 is 23.4 Å². The number of hydrogen-bond donors (Lipinski definition) is 2. The van der Waals surface area contributed by atoms with Crippen molar-refractivity contribution < 1.29 is 14.4 Å². The van der Waals surface area contributed by atoms with Gasteiger partial charge in [0.1, 0.15) is 6.04 Å². The number of fused-ring (bicyclic) bond motifs is 2. The number of hydrogen-bond acceptors (Lipinski definition) is 5. The molecule has 7 heteroatoms. The van der Waals surface area contributed by atoms with Crippen LogP contribution in [0.15, 0.2) is 72.8 Å². The largest absolute Gasteiger partial charge is 0.365 e. The highest BCUT2D eigenvalue weighted by atomic mass is 16.2. The standard InChI is InChI=1S/C30H30N4O3/c35-28-13-12-27(29(36)32-28)34-18-23-14-21(10-11-25(23)30(34)37)16-31-24-15-22-8-4-5-9-26(22)33(19-24)17-20-6-2-1-3-7-20/h1-11,14,24,27,31H,12-13,15-19H2,(H,32,35,36). The summed E-state index contributed by atoms with van der Waals surface area (Å²) in [7, 11) is 0. The van der Waals surface area contributed by atoms with E-state index in [0.29, 0.717) is 31.1 Å². The van der Waals surface area contributed by atoms with Crippen LogP contribution in [-0.2, 0) is 35.6 Å². The second-order valence-electron chi connectivity index (χ2n) is 10.2. The molecule has 3 heterocycles. The van der Waals surface area contributed by atoms with E-state index in [4.69, 9.17) is 0 Å². The topological polar surface area (TPSA) is 81.8 Å². The molecule has 3 amide bonds. The van der Waals surface area contributed by atoms with Crippen LogP contribution in [0, 0.1) is 0 Å². The average Bonchev–Trinajstić information content (AvgIpc) is 3.23. The van der Waals surface area contributed by atoms with Crippen molar-refractivity contribution in [3.05, 3.63) is 101 Å². The fourth-order valence-electron chi connectivity index (χ4n) is 5.78. The highest BCUT2D eigenvalue weighted by Gasteiger charge is 2.39. The smallest absolute Gasteiger partial charge is 0.255 e. The van der Waals surface area contributed by atoms with Crippen LogP contribution >= 0.6 is 0 Å². The van der Waals surface area contributed by atoms with Gasteiger partial charge in [0.2, 0.25) is 11.8 Å². The van der Waals surface area contributed by atoms with Gasteiger partial charge >= 0.3 is 0 Å². The van der Waals surface area contributed by atoms with Crippen LogP contribution in [0.2, 0.25) is 0 Å². The number of piperidine rings is 1. The Balaban J connectivity index is 1.13. The Bertz CT molecular complexity index is 1360. The third kappa shape index (κ3) is 4.74. The molecule has 0 bridgehead atoms. The molecule has 3 aromatic carbocycles. The summed E-state index contributed by atoms with van der Waals surface area (Å²) in [4.78, 5) is 40.9. The van der Waals surface area contributed by atoms with E-state index in [1.165, 1.54) is 16.8 Å². The number of benzene rings is 3. The minimum atomic E-state index is -0.586. The van der Waals surface area contributed by atoms with Crippen LogP contribution in [0.25, 0.3) is 0 Å². The Hall–Kier alpha value is -3.97. The Kier molecular flexibility index (Phi) is 6.22. The second kappa shape index (κ2) is 9.82. The molecule has 188 valence electrons. The molecule has 3 aliphatic heterocycles. The summed E-state index contributed by atoms with van der Waals surface area (Å²) in [6.45, 7) is 2.88. The molecule has 37 heavy (non-hydrogen) atoms. The van der Waals surface area contributed by atoms with Crippen molar-refractivity contribution in [3.8, 4) is 0 Å². The fraction of sp³-hybridized carbons (Fsp3) is 0.300. The zero-order valence-corrected chi connectivity index (χ0v) is 20.7. The van der Waals surface area contributed by atoms with E-state index in [2.05, 4.69) is 70.1 Å². The first-order valence-corrected chi connectivity index (χ1v) is 12.9. The number of para-hydroxylation sites is 1. The SMILES string of the molecule is O=C1CCC(N2Cc3cc(CNC4Cc5ccccc5N(Cc5ccccc5)C4)ccc3C2=O)C(=O)N1. The highest BCUT2D eigenvalue weighted by molar-refractivity contribution is 6.05. The zero-order chi connectivity index (χ0) is 25.4. The van der Waals surface area contributed by atoms with E-state index < -0.39 is 6.04 Å². The van der Waals surface area contributed by atoms with Crippen molar-refractivity contribution in [3.63, 3.8) is 0 Å². The molecule has 3 aliphatic rings. The molecule has 0 spiro atoms. The predicted octanol–water partition coefficient (Wildman–Crippen LogP) is 3.17. The maximum Gasteiger partial charge on any atom is 0.255 e. The molecule has 3 aromatic rings. The lowest BCUT2D eigenvalue weighted by Gasteiger charge is -2.37. The van der Waals surface area contributed by atoms with Gasteiger partial charge in [-0.1, -0.05) is 60.7 Å². The van der Waals surface area contributed by atoms with Gasteiger partial charge in [0, 0.05) is 49.9 Å². The lowest BCUT2D eigenvalue weighted by atomic mass is 9.97. The van der Waals surface area contributed by atoms with E-state index in [-0.39, 0.29) is 24.1 Å². The first-order chi connectivity index (χ1) is 18.0. The number of amides is 3. The molecule has 0 aliphatic carbocycles. The van der Waals surface area contributed by atoms with Gasteiger partial charge in [0.05, 0.1) is 0 Å². The Morgan fingerprint density at radius 3 is 2.54 bits per heavy atom. The van der Waals surface area contributed by atoms with E-state index >= 15 is 0 Å². The fourth-order valence-corrected chi connectivity index (χ4v) is 5.78. The lowest BCUT2D eigenvalue weighted by molar-refractivity contribution is -0.136. The van der Waals surface area contributed by atoms with Gasteiger partial charge in [-0.05, 0) is 47.2 Å². The maximum atomic E-state index is 13.0. The third-order valence-electron chi connectivity index (χ3n) is 7.64. The average molecular weight is 495 g/mol. The van der Waals surface area contributed by atoms with Crippen LogP contribution in [0.3, 0.4) is 0 Å². The van der Waals surface area contributed by atoms with E-state index in [1.54, 1.807) is 4.90 Å². The van der Waals surface area contributed by atoms with Crippen LogP contribution in [0.1, 0.15) is 45.5 Å². The van der Waals surface area contributed by atoms with Gasteiger partial charge in [0.15, 0.2) is 0 Å². The van der Waals surface area contributed by atoms with Crippen molar-refractivity contribution in [1.82, 2.24) is 15.5 Å². The third-order valence-corrected chi connectivity index (χ3v) is 7.64. The van der Waals surface area contributed by atoms with Gasteiger partial charge < -0.3 is 15.1 Å². The Morgan fingerprint density at radius 2 is 1.70 bits per heavy atom. The van der Waals surface area contributed by atoms with Crippen molar-refractivity contribution in [2.45, 2.75) is 51.0 Å². The number of nitrogens with zero attached hydrogens (tertiary/aromatic N) is 2. The Morgan fingerprint density at radius 1 is 0.892 bits per heavy atom. The summed E-state index contributed by atoms with van der Waals surface area (Å²) in [5.74, 6) is -0.784. The first kappa shape index (κ1) is 23.4. The molecule has 2 N–H and O–H groups in total. The quantitative estimate of drug-likeness (QED) is 0.515. The monoisotopic (exact) mass is 494 g/mol. The minimum Gasteiger partial charge on any atom is -0.365 e. The predicted molar refractivity (Wildman–Crippen MR) is 141 cm³/mol.